The fraction of sp³-hybridized carbons (Fsp3) is 0.500. The van der Waals surface area contributed by atoms with Crippen molar-refractivity contribution in [3.63, 3.8) is 0 Å². The van der Waals surface area contributed by atoms with Crippen molar-refractivity contribution in [3.05, 3.63) is 34.5 Å². The number of fused-ring (bicyclic) bond motifs is 1. The third-order valence-electron chi connectivity index (χ3n) is 5.18. The van der Waals surface area contributed by atoms with Gasteiger partial charge in [0.2, 0.25) is 5.91 Å². The molecule has 24 heavy (non-hydrogen) atoms. The van der Waals surface area contributed by atoms with Gasteiger partial charge in [-0.15, -0.1) is 0 Å². The number of carbonyl (C=O) groups is 1. The van der Waals surface area contributed by atoms with Crippen LogP contribution < -0.4 is 11.1 Å². The smallest absolute Gasteiger partial charge is 0.223 e. The van der Waals surface area contributed by atoms with Crippen LogP contribution in [0.2, 0.25) is 5.02 Å². The van der Waals surface area contributed by atoms with Crippen molar-refractivity contribution in [3.8, 4) is 0 Å². The first-order chi connectivity index (χ1) is 11.5. The van der Waals surface area contributed by atoms with Gasteiger partial charge in [0, 0.05) is 42.7 Å². The van der Waals surface area contributed by atoms with Crippen molar-refractivity contribution in [2.45, 2.75) is 31.8 Å². The molecule has 1 aromatic carbocycles. The van der Waals surface area contributed by atoms with Crippen LogP contribution in [0.25, 0.3) is 10.9 Å². The van der Waals surface area contributed by atoms with Crippen molar-refractivity contribution < 1.29 is 9.53 Å². The van der Waals surface area contributed by atoms with Gasteiger partial charge in [0.05, 0.1) is 10.6 Å². The molecule has 1 saturated carbocycles. The van der Waals surface area contributed by atoms with E-state index in [0.717, 1.165) is 33.6 Å². The lowest BCUT2D eigenvalue weighted by molar-refractivity contribution is -0.144. The molecule has 2 aromatic rings. The molecular weight excluding hydrogens is 326 g/mol. The average Bonchev–Trinajstić information content (AvgIpc) is 2.84. The number of halogens is 1. The predicted octanol–water partition coefficient (Wildman–Crippen LogP) is 2.54. The Hall–Kier alpha value is -1.56. The maximum atomic E-state index is 12.2. The Morgan fingerprint density at radius 1 is 1.50 bits per heavy atom. The van der Waals surface area contributed by atoms with Crippen LogP contribution in [-0.2, 0) is 16.0 Å². The number of hydrogen-bond donors (Lipinski definition) is 3. The summed E-state index contributed by atoms with van der Waals surface area (Å²) in [5, 5.41) is 4.82. The molecule has 130 valence electrons. The number of carbonyl (C=O) groups excluding carboxylic acids is 1. The van der Waals surface area contributed by atoms with Crippen LogP contribution in [-0.4, -0.2) is 36.7 Å². The largest absolute Gasteiger partial charge is 0.377 e. The number of nitrogens with one attached hydrogen (secondary N) is 2. The number of aromatic nitrogens is 1. The summed E-state index contributed by atoms with van der Waals surface area (Å²) in [7, 11) is 1.66. The lowest BCUT2D eigenvalue weighted by Gasteiger charge is -2.44. The predicted molar refractivity (Wildman–Crippen MR) is 96.3 cm³/mol. The summed E-state index contributed by atoms with van der Waals surface area (Å²) >= 11 is 6.33. The number of ether oxygens (including phenoxy) is 1. The van der Waals surface area contributed by atoms with Crippen molar-refractivity contribution in [1.29, 1.82) is 0 Å². The zero-order valence-electron chi connectivity index (χ0n) is 14.1. The molecule has 1 fully saturated rings. The first kappa shape index (κ1) is 17.3. The second-order valence-corrected chi connectivity index (χ2v) is 7.04. The molecule has 0 spiro atoms. The first-order valence-electron chi connectivity index (χ1n) is 8.28. The Labute approximate surface area is 146 Å². The van der Waals surface area contributed by atoms with Gasteiger partial charge in [0.1, 0.15) is 0 Å². The molecule has 0 unspecified atom stereocenters. The number of benzene rings is 1. The molecule has 0 radical (unpaired) electrons. The van der Waals surface area contributed by atoms with Crippen molar-refractivity contribution in [2.75, 3.05) is 20.2 Å². The summed E-state index contributed by atoms with van der Waals surface area (Å²) in [5.41, 5.74) is 8.71. The molecule has 5 nitrogen and oxygen atoms in total. The quantitative estimate of drug-likeness (QED) is 0.749. The standard InChI is InChI=1S/C18H24ClN3O2/c1-11-13(16-14(19)4-3-5-15(16)22-11)6-7-21-17(23)12-8-18(9-12,10-20)24-2/h3-5,12,22H,6-10,20H2,1-2H3,(H,21,23). The average molecular weight is 350 g/mol. The lowest BCUT2D eigenvalue weighted by atomic mass is 9.70. The van der Waals surface area contributed by atoms with E-state index in [-0.39, 0.29) is 17.4 Å². The molecule has 1 aliphatic rings. The van der Waals surface area contributed by atoms with E-state index in [9.17, 15) is 4.79 Å². The van der Waals surface area contributed by atoms with Gasteiger partial charge in [-0.3, -0.25) is 4.79 Å². The maximum Gasteiger partial charge on any atom is 0.223 e. The minimum Gasteiger partial charge on any atom is -0.377 e. The van der Waals surface area contributed by atoms with Gasteiger partial charge >= 0.3 is 0 Å². The van der Waals surface area contributed by atoms with E-state index in [1.165, 1.54) is 0 Å². The van der Waals surface area contributed by atoms with Crippen LogP contribution in [0.15, 0.2) is 18.2 Å². The topological polar surface area (TPSA) is 80.1 Å². The SMILES string of the molecule is COC1(CN)CC(C(=O)NCCc2c(C)[nH]c3cccc(Cl)c23)C1. The maximum absolute atomic E-state index is 12.2. The summed E-state index contributed by atoms with van der Waals surface area (Å²) in [6, 6.07) is 5.84. The zero-order valence-corrected chi connectivity index (χ0v) is 14.9. The molecule has 1 heterocycles. The summed E-state index contributed by atoms with van der Waals surface area (Å²) < 4.78 is 5.42. The number of aryl methyl sites for hydroxylation is 1. The molecule has 0 atom stereocenters. The highest BCUT2D eigenvalue weighted by atomic mass is 35.5. The Bertz CT molecular complexity index is 744. The van der Waals surface area contributed by atoms with Gasteiger partial charge in [0.15, 0.2) is 0 Å². The zero-order chi connectivity index (χ0) is 17.3. The molecule has 1 aromatic heterocycles. The summed E-state index contributed by atoms with van der Waals surface area (Å²) in [4.78, 5) is 15.6. The first-order valence-corrected chi connectivity index (χ1v) is 8.66. The third kappa shape index (κ3) is 3.04. The number of H-pyrrole nitrogens is 1. The van der Waals surface area contributed by atoms with Crippen LogP contribution in [0.5, 0.6) is 0 Å². The van der Waals surface area contributed by atoms with E-state index in [1.54, 1.807) is 7.11 Å². The molecule has 6 heteroatoms. The Morgan fingerprint density at radius 3 is 2.92 bits per heavy atom. The minimum atomic E-state index is -0.303. The fourth-order valence-corrected chi connectivity index (χ4v) is 3.90. The van der Waals surface area contributed by atoms with E-state index in [1.807, 2.05) is 25.1 Å². The fourth-order valence-electron chi connectivity index (χ4n) is 3.61. The normalized spacial score (nSPS) is 23.2. The Balaban J connectivity index is 1.58. The monoisotopic (exact) mass is 349 g/mol. The molecule has 0 bridgehead atoms. The number of nitrogens with two attached hydrogens (primary N) is 1. The molecule has 3 rings (SSSR count). The van der Waals surface area contributed by atoms with Crippen molar-refractivity contribution in [1.82, 2.24) is 10.3 Å². The minimum absolute atomic E-state index is 0.00107. The van der Waals surface area contributed by atoms with Gasteiger partial charge < -0.3 is 20.8 Å². The number of aromatic amines is 1. The van der Waals surface area contributed by atoms with Gasteiger partial charge in [-0.1, -0.05) is 17.7 Å². The lowest BCUT2D eigenvalue weighted by Crippen LogP contribution is -2.55. The van der Waals surface area contributed by atoms with Crippen molar-refractivity contribution in [2.24, 2.45) is 11.7 Å². The van der Waals surface area contributed by atoms with E-state index in [4.69, 9.17) is 22.1 Å². The summed E-state index contributed by atoms with van der Waals surface area (Å²) in [5.74, 6) is 0.0841. The third-order valence-corrected chi connectivity index (χ3v) is 5.49. The number of amides is 1. The van der Waals surface area contributed by atoms with E-state index >= 15 is 0 Å². The van der Waals surface area contributed by atoms with Gasteiger partial charge in [-0.05, 0) is 43.9 Å². The van der Waals surface area contributed by atoms with Crippen LogP contribution >= 0.6 is 11.6 Å². The number of methoxy groups -OCH3 is 1. The van der Waals surface area contributed by atoms with Crippen LogP contribution in [0.1, 0.15) is 24.1 Å². The molecule has 4 N–H and O–H groups in total. The molecule has 1 amide bonds. The van der Waals surface area contributed by atoms with Crippen LogP contribution in [0.4, 0.5) is 0 Å². The highest BCUT2D eigenvalue weighted by Gasteiger charge is 2.46. The number of hydrogen-bond acceptors (Lipinski definition) is 3. The molecule has 0 saturated heterocycles. The second kappa shape index (κ2) is 6.75. The van der Waals surface area contributed by atoms with Crippen molar-refractivity contribution >= 4 is 28.4 Å². The van der Waals surface area contributed by atoms with Gasteiger partial charge in [-0.25, -0.2) is 0 Å². The Kier molecular flexibility index (Phi) is 4.85. The number of rotatable bonds is 6. The van der Waals surface area contributed by atoms with Gasteiger partial charge in [-0.2, -0.15) is 0 Å². The molecule has 1 aliphatic carbocycles. The summed E-state index contributed by atoms with van der Waals surface area (Å²) in [6.45, 7) is 3.09. The van der Waals surface area contributed by atoms with E-state index < -0.39 is 0 Å². The van der Waals surface area contributed by atoms with Crippen LogP contribution in [0, 0.1) is 12.8 Å². The highest BCUT2D eigenvalue weighted by molar-refractivity contribution is 6.35. The van der Waals surface area contributed by atoms with Crippen LogP contribution in [0.3, 0.4) is 0 Å². The van der Waals surface area contributed by atoms with Gasteiger partial charge in [0.25, 0.3) is 0 Å². The summed E-state index contributed by atoms with van der Waals surface area (Å²) in [6.07, 6.45) is 2.15. The molecular formula is C18H24ClN3O2. The van der Waals surface area contributed by atoms with E-state index in [2.05, 4.69) is 10.3 Å². The molecule has 0 aliphatic heterocycles. The van der Waals surface area contributed by atoms with E-state index in [0.29, 0.717) is 25.9 Å². The Morgan fingerprint density at radius 2 is 2.25 bits per heavy atom. The second-order valence-electron chi connectivity index (χ2n) is 6.63. The highest BCUT2D eigenvalue weighted by Crippen LogP contribution is 2.39.